The lowest BCUT2D eigenvalue weighted by molar-refractivity contribution is -0.122. The van der Waals surface area contributed by atoms with Gasteiger partial charge in [0.1, 0.15) is 5.75 Å². The molecule has 7 heteroatoms. The first-order valence-corrected chi connectivity index (χ1v) is 8.91. The van der Waals surface area contributed by atoms with Gasteiger partial charge in [0.2, 0.25) is 0 Å². The van der Waals surface area contributed by atoms with Gasteiger partial charge in [0.25, 0.3) is 5.91 Å². The molecule has 1 heterocycles. The van der Waals surface area contributed by atoms with Gasteiger partial charge in [0.05, 0.1) is 11.1 Å². The summed E-state index contributed by atoms with van der Waals surface area (Å²) >= 11 is 9.84. The monoisotopic (exact) mass is 418 g/mol. The molecule has 3 rings (SSSR count). The predicted octanol–water partition coefficient (Wildman–Crippen LogP) is 4.39. The summed E-state index contributed by atoms with van der Waals surface area (Å²) < 4.78 is 1.36. The van der Waals surface area contributed by atoms with Gasteiger partial charge in [-0.1, -0.05) is 39.8 Å². The Bertz CT molecular complexity index is 846. The maximum absolute atomic E-state index is 12.4. The van der Waals surface area contributed by atoms with Crippen molar-refractivity contribution in [1.29, 1.82) is 0 Å². The third kappa shape index (κ3) is 3.92. The van der Waals surface area contributed by atoms with Crippen LogP contribution in [-0.2, 0) is 4.79 Å². The van der Waals surface area contributed by atoms with Crippen molar-refractivity contribution in [2.45, 2.75) is 0 Å². The van der Waals surface area contributed by atoms with Gasteiger partial charge in [-0.3, -0.25) is 4.79 Å². The maximum atomic E-state index is 12.4. The van der Waals surface area contributed by atoms with Gasteiger partial charge in [0.15, 0.2) is 4.32 Å². The Morgan fingerprint density at radius 2 is 1.71 bits per heavy atom. The number of rotatable bonds is 3. The molecule has 1 N–H and O–H groups in total. The fourth-order valence-electron chi connectivity index (χ4n) is 1.95. The van der Waals surface area contributed by atoms with Crippen LogP contribution in [0.15, 0.2) is 63.0 Å². The molecule has 1 aliphatic heterocycles. The summed E-state index contributed by atoms with van der Waals surface area (Å²) in [5.74, 6) is -0.0712. The summed E-state index contributed by atoms with van der Waals surface area (Å²) in [5, 5.41) is 14.6. The Morgan fingerprint density at radius 3 is 2.38 bits per heavy atom. The van der Waals surface area contributed by atoms with Crippen molar-refractivity contribution >= 4 is 62.4 Å². The highest BCUT2D eigenvalue weighted by Crippen LogP contribution is 2.32. The number of hydrogen-bond acceptors (Lipinski definition) is 5. The maximum Gasteiger partial charge on any atom is 0.286 e. The first kappa shape index (κ1) is 16.9. The van der Waals surface area contributed by atoms with E-state index in [1.165, 1.54) is 23.0 Å². The van der Waals surface area contributed by atoms with E-state index in [0.717, 1.165) is 15.6 Å². The first-order valence-electron chi connectivity index (χ1n) is 6.89. The Labute approximate surface area is 157 Å². The molecule has 0 atom stereocenters. The number of aromatic hydroxyl groups is 1. The number of phenolic OH excluding ortho intramolecular Hbond substituents is 1. The number of carbonyl (C=O) groups excluding carboxylic acids is 1. The van der Waals surface area contributed by atoms with E-state index in [1.54, 1.807) is 30.3 Å². The molecule has 0 unspecified atom stereocenters. The smallest absolute Gasteiger partial charge is 0.286 e. The minimum Gasteiger partial charge on any atom is -0.508 e. The number of nitrogens with zero attached hydrogens (tertiary/aromatic N) is 2. The molecule has 2 aromatic rings. The molecule has 120 valence electrons. The molecule has 2 aromatic carbocycles. The molecule has 4 nitrogen and oxygen atoms in total. The zero-order chi connectivity index (χ0) is 17.1. The van der Waals surface area contributed by atoms with Gasteiger partial charge in [-0.15, -0.1) is 0 Å². The normalized spacial score (nSPS) is 16.5. The molecule has 1 aliphatic rings. The number of hydrogen-bond donors (Lipinski definition) is 1. The number of halogens is 1. The molecule has 0 spiro atoms. The Kier molecular flexibility index (Phi) is 5.13. The van der Waals surface area contributed by atoms with Crippen LogP contribution in [0.25, 0.3) is 6.08 Å². The largest absolute Gasteiger partial charge is 0.508 e. The third-order valence-corrected chi connectivity index (χ3v) is 4.97. The van der Waals surface area contributed by atoms with Crippen LogP contribution in [0, 0.1) is 0 Å². The predicted molar refractivity (Wildman–Crippen MR) is 105 cm³/mol. The Balaban J connectivity index is 1.78. The summed E-state index contributed by atoms with van der Waals surface area (Å²) in [6.07, 6.45) is 3.33. The van der Waals surface area contributed by atoms with Crippen LogP contribution < -0.4 is 0 Å². The summed E-state index contributed by atoms with van der Waals surface area (Å²) in [7, 11) is 0. The van der Waals surface area contributed by atoms with Crippen molar-refractivity contribution < 1.29 is 9.90 Å². The van der Waals surface area contributed by atoms with Crippen LogP contribution in [0.1, 0.15) is 11.1 Å². The quantitative estimate of drug-likeness (QED) is 0.456. The van der Waals surface area contributed by atoms with E-state index in [2.05, 4.69) is 21.0 Å². The van der Waals surface area contributed by atoms with Gasteiger partial charge in [-0.25, -0.2) is 0 Å². The minimum absolute atomic E-state index is 0.176. The van der Waals surface area contributed by atoms with E-state index in [9.17, 15) is 9.90 Å². The lowest BCUT2D eigenvalue weighted by Gasteiger charge is -2.06. The third-order valence-electron chi connectivity index (χ3n) is 3.16. The summed E-state index contributed by atoms with van der Waals surface area (Å²) in [6, 6.07) is 14.2. The van der Waals surface area contributed by atoms with E-state index < -0.39 is 0 Å². The molecule has 1 amide bonds. The number of hydrazone groups is 1. The van der Waals surface area contributed by atoms with Crippen LogP contribution >= 0.6 is 39.9 Å². The molecule has 0 aliphatic carbocycles. The van der Waals surface area contributed by atoms with E-state index in [4.69, 9.17) is 12.2 Å². The van der Waals surface area contributed by atoms with Gasteiger partial charge in [-0.05, 0) is 65.8 Å². The topological polar surface area (TPSA) is 52.9 Å². The zero-order valence-corrected chi connectivity index (χ0v) is 15.4. The van der Waals surface area contributed by atoms with Gasteiger partial charge in [-0.2, -0.15) is 10.1 Å². The summed E-state index contributed by atoms with van der Waals surface area (Å²) in [4.78, 5) is 13.0. The molecule has 1 fully saturated rings. The second-order valence-corrected chi connectivity index (χ2v) is 7.47. The highest BCUT2D eigenvalue weighted by molar-refractivity contribution is 9.10. The molecular weight excluding hydrogens is 408 g/mol. The van der Waals surface area contributed by atoms with Crippen molar-refractivity contribution in [3.8, 4) is 5.75 Å². The van der Waals surface area contributed by atoms with E-state index in [1.807, 2.05) is 24.3 Å². The van der Waals surface area contributed by atoms with Gasteiger partial charge < -0.3 is 5.11 Å². The van der Waals surface area contributed by atoms with Crippen LogP contribution in [0.2, 0.25) is 0 Å². The molecule has 0 radical (unpaired) electrons. The summed E-state index contributed by atoms with van der Waals surface area (Å²) in [5.41, 5.74) is 1.68. The van der Waals surface area contributed by atoms with Crippen molar-refractivity contribution in [2.24, 2.45) is 5.10 Å². The molecule has 0 aromatic heterocycles. The number of benzene rings is 2. The number of thiocarbonyl (C=S) groups is 1. The average molecular weight is 419 g/mol. The Morgan fingerprint density at radius 1 is 1.08 bits per heavy atom. The minimum atomic E-state index is -0.247. The van der Waals surface area contributed by atoms with Crippen molar-refractivity contribution in [2.75, 3.05) is 0 Å². The SMILES string of the molecule is O=C1/C(=C\c2ccc(Br)cc2)SC(=S)N1/N=C/c1ccc(O)cc1. The molecule has 24 heavy (non-hydrogen) atoms. The highest BCUT2D eigenvalue weighted by atomic mass is 79.9. The average Bonchev–Trinajstić information content (AvgIpc) is 2.83. The fraction of sp³-hybridized carbons (Fsp3) is 0. The van der Waals surface area contributed by atoms with E-state index in [0.29, 0.717) is 9.23 Å². The number of thioether (sulfide) groups is 1. The number of amides is 1. The van der Waals surface area contributed by atoms with Gasteiger partial charge >= 0.3 is 0 Å². The highest BCUT2D eigenvalue weighted by Gasteiger charge is 2.31. The van der Waals surface area contributed by atoms with Crippen molar-refractivity contribution in [3.63, 3.8) is 0 Å². The van der Waals surface area contributed by atoms with Crippen LogP contribution in [-0.4, -0.2) is 26.6 Å². The first-order chi connectivity index (χ1) is 11.5. The molecule has 1 saturated heterocycles. The summed E-state index contributed by atoms with van der Waals surface area (Å²) in [6.45, 7) is 0. The fourth-order valence-corrected chi connectivity index (χ4v) is 3.39. The van der Waals surface area contributed by atoms with Crippen molar-refractivity contribution in [3.05, 3.63) is 69.0 Å². The zero-order valence-electron chi connectivity index (χ0n) is 12.2. The molecule has 0 bridgehead atoms. The van der Waals surface area contributed by atoms with Crippen LogP contribution in [0.4, 0.5) is 0 Å². The van der Waals surface area contributed by atoms with E-state index >= 15 is 0 Å². The second kappa shape index (κ2) is 7.29. The lowest BCUT2D eigenvalue weighted by atomic mass is 10.2. The molecule has 0 saturated carbocycles. The van der Waals surface area contributed by atoms with Gasteiger partial charge in [0, 0.05) is 4.47 Å². The number of carbonyl (C=O) groups is 1. The molecular formula is C17H11BrN2O2S2. The number of phenols is 1. The van der Waals surface area contributed by atoms with Crippen LogP contribution in [0.3, 0.4) is 0 Å². The Hall–Kier alpha value is -1.96. The standard InChI is InChI=1S/C17H11BrN2O2S2/c18-13-5-1-11(2-6-13)9-15-16(22)20(17(23)24-15)19-10-12-3-7-14(21)8-4-12/h1-10,21H/b15-9+,19-10+. The second-order valence-electron chi connectivity index (χ2n) is 4.88. The van der Waals surface area contributed by atoms with Crippen molar-refractivity contribution in [1.82, 2.24) is 5.01 Å². The lowest BCUT2D eigenvalue weighted by Crippen LogP contribution is -2.22. The van der Waals surface area contributed by atoms with E-state index in [-0.39, 0.29) is 11.7 Å². The van der Waals surface area contributed by atoms with Crippen LogP contribution in [0.5, 0.6) is 5.75 Å².